The van der Waals surface area contributed by atoms with Crippen LogP contribution in [-0.4, -0.2) is 45.8 Å². The van der Waals surface area contributed by atoms with Gasteiger partial charge >= 0.3 is 5.97 Å². The minimum Gasteiger partial charge on any atom is -0.449 e. The summed E-state index contributed by atoms with van der Waals surface area (Å²) >= 11 is 6.16. The summed E-state index contributed by atoms with van der Waals surface area (Å²) in [5.74, 6) is -0.676. The molecule has 1 aliphatic rings. The lowest BCUT2D eigenvalue weighted by atomic mass is 10.2. The van der Waals surface area contributed by atoms with Crippen molar-refractivity contribution in [3.63, 3.8) is 0 Å². The number of aromatic nitrogens is 2. The van der Waals surface area contributed by atoms with Crippen molar-refractivity contribution >= 4 is 23.5 Å². The number of nitrogens with zero attached hydrogens (tertiary/aromatic N) is 3. The SMILES string of the molecule is CC(OC(=O)c1cnn(Cc2ccccc2Cl)c1)C(=O)N1CCCCCC1. The van der Waals surface area contributed by atoms with Gasteiger partial charge in [-0.1, -0.05) is 42.6 Å². The van der Waals surface area contributed by atoms with Gasteiger partial charge in [-0.2, -0.15) is 5.10 Å². The Morgan fingerprint density at radius 2 is 1.89 bits per heavy atom. The van der Waals surface area contributed by atoms with Gasteiger partial charge in [-0.3, -0.25) is 9.48 Å². The maximum Gasteiger partial charge on any atom is 0.342 e. The molecule has 1 amide bonds. The van der Waals surface area contributed by atoms with Gasteiger partial charge in [0, 0.05) is 24.3 Å². The summed E-state index contributed by atoms with van der Waals surface area (Å²) in [6, 6.07) is 7.48. The van der Waals surface area contributed by atoms with Crippen LogP contribution >= 0.6 is 11.6 Å². The molecule has 0 radical (unpaired) electrons. The Labute approximate surface area is 164 Å². The van der Waals surface area contributed by atoms with Crippen LogP contribution in [0.25, 0.3) is 0 Å². The molecule has 0 bridgehead atoms. The molecule has 1 fully saturated rings. The lowest BCUT2D eigenvalue weighted by Crippen LogP contribution is -2.40. The lowest BCUT2D eigenvalue weighted by molar-refractivity contribution is -0.139. The Morgan fingerprint density at radius 1 is 1.19 bits per heavy atom. The molecule has 1 aliphatic heterocycles. The number of esters is 1. The number of hydrogen-bond donors (Lipinski definition) is 0. The van der Waals surface area contributed by atoms with Gasteiger partial charge in [-0.15, -0.1) is 0 Å². The smallest absolute Gasteiger partial charge is 0.342 e. The third kappa shape index (κ3) is 5.10. The largest absolute Gasteiger partial charge is 0.449 e. The minimum atomic E-state index is -0.803. The van der Waals surface area contributed by atoms with Crippen molar-refractivity contribution in [3.8, 4) is 0 Å². The van der Waals surface area contributed by atoms with Gasteiger partial charge in [0.1, 0.15) is 0 Å². The van der Waals surface area contributed by atoms with Gasteiger partial charge in [0.15, 0.2) is 6.10 Å². The molecule has 1 aromatic heterocycles. The molecule has 2 aromatic rings. The van der Waals surface area contributed by atoms with Crippen LogP contribution in [0.4, 0.5) is 0 Å². The van der Waals surface area contributed by atoms with Gasteiger partial charge < -0.3 is 9.64 Å². The van der Waals surface area contributed by atoms with Gasteiger partial charge in [0.05, 0.1) is 18.3 Å². The van der Waals surface area contributed by atoms with Crippen LogP contribution in [0.1, 0.15) is 48.5 Å². The van der Waals surface area contributed by atoms with Crippen molar-refractivity contribution < 1.29 is 14.3 Å². The zero-order chi connectivity index (χ0) is 19.2. The van der Waals surface area contributed by atoms with E-state index in [0.717, 1.165) is 44.3 Å². The highest BCUT2D eigenvalue weighted by molar-refractivity contribution is 6.31. The van der Waals surface area contributed by atoms with Crippen molar-refractivity contribution in [2.24, 2.45) is 0 Å². The van der Waals surface area contributed by atoms with Crippen molar-refractivity contribution in [3.05, 3.63) is 52.8 Å². The highest BCUT2D eigenvalue weighted by Gasteiger charge is 2.25. The van der Waals surface area contributed by atoms with Crippen LogP contribution in [-0.2, 0) is 16.1 Å². The summed E-state index contributed by atoms with van der Waals surface area (Å²) in [5.41, 5.74) is 1.23. The number of rotatable bonds is 5. The van der Waals surface area contributed by atoms with Crippen molar-refractivity contribution in [2.75, 3.05) is 13.1 Å². The van der Waals surface area contributed by atoms with Gasteiger partial charge in [-0.25, -0.2) is 4.79 Å². The number of benzene rings is 1. The maximum atomic E-state index is 12.5. The first-order valence-corrected chi connectivity index (χ1v) is 9.68. The molecule has 144 valence electrons. The van der Waals surface area contributed by atoms with Crippen LogP contribution in [0.3, 0.4) is 0 Å². The molecular formula is C20H24ClN3O3. The molecule has 27 heavy (non-hydrogen) atoms. The Bertz CT molecular complexity index is 797. The molecule has 2 heterocycles. The van der Waals surface area contributed by atoms with Crippen LogP contribution in [0.2, 0.25) is 5.02 Å². The number of amides is 1. The molecule has 6 nitrogen and oxygen atoms in total. The first kappa shape index (κ1) is 19.4. The second-order valence-corrected chi connectivity index (χ2v) is 7.21. The van der Waals surface area contributed by atoms with Crippen LogP contribution in [0.15, 0.2) is 36.7 Å². The summed E-state index contributed by atoms with van der Waals surface area (Å²) in [6.07, 6.45) is 6.53. The van der Waals surface area contributed by atoms with Crippen LogP contribution in [0.5, 0.6) is 0 Å². The van der Waals surface area contributed by atoms with E-state index in [4.69, 9.17) is 16.3 Å². The van der Waals surface area contributed by atoms with E-state index < -0.39 is 12.1 Å². The van der Waals surface area contributed by atoms with E-state index in [1.54, 1.807) is 22.7 Å². The fourth-order valence-corrected chi connectivity index (χ4v) is 3.38. The number of ether oxygens (including phenoxy) is 1. The summed E-state index contributed by atoms with van der Waals surface area (Å²) in [6.45, 7) is 3.54. The normalized spacial score (nSPS) is 15.9. The fourth-order valence-electron chi connectivity index (χ4n) is 3.18. The molecule has 0 saturated carbocycles. The number of halogens is 1. The second kappa shape index (κ2) is 9.04. The average molecular weight is 390 g/mol. The Hall–Kier alpha value is -2.34. The molecule has 3 rings (SSSR count). The first-order chi connectivity index (χ1) is 13.0. The molecule has 0 N–H and O–H groups in total. The average Bonchev–Trinajstić information content (AvgIpc) is 2.96. The Balaban J connectivity index is 1.58. The van der Waals surface area contributed by atoms with Crippen molar-refractivity contribution in [2.45, 2.75) is 45.3 Å². The first-order valence-electron chi connectivity index (χ1n) is 9.30. The fraction of sp³-hybridized carbons (Fsp3) is 0.450. The highest BCUT2D eigenvalue weighted by atomic mass is 35.5. The number of likely N-dealkylation sites (tertiary alicyclic amines) is 1. The van der Waals surface area contributed by atoms with E-state index in [0.29, 0.717) is 17.1 Å². The van der Waals surface area contributed by atoms with E-state index in [-0.39, 0.29) is 5.91 Å². The zero-order valence-electron chi connectivity index (χ0n) is 15.4. The molecule has 1 saturated heterocycles. The predicted octanol–water partition coefficient (Wildman–Crippen LogP) is 3.53. The zero-order valence-corrected chi connectivity index (χ0v) is 16.2. The summed E-state index contributed by atoms with van der Waals surface area (Å²) in [5, 5.41) is 4.84. The van der Waals surface area contributed by atoms with E-state index in [2.05, 4.69) is 5.10 Å². The van der Waals surface area contributed by atoms with E-state index in [1.807, 2.05) is 24.3 Å². The standard InChI is InChI=1S/C20H24ClN3O3/c1-15(19(25)23-10-6-2-3-7-11-23)27-20(26)17-12-22-24(14-17)13-16-8-4-5-9-18(16)21/h4-5,8-9,12,14-15H,2-3,6-7,10-11,13H2,1H3. The molecule has 0 spiro atoms. The molecule has 7 heteroatoms. The van der Waals surface area contributed by atoms with E-state index in [9.17, 15) is 9.59 Å². The highest BCUT2D eigenvalue weighted by Crippen LogP contribution is 2.17. The quantitative estimate of drug-likeness (QED) is 0.734. The second-order valence-electron chi connectivity index (χ2n) is 6.81. The minimum absolute atomic E-state index is 0.131. The van der Waals surface area contributed by atoms with E-state index >= 15 is 0 Å². The third-order valence-electron chi connectivity index (χ3n) is 4.71. The predicted molar refractivity (Wildman–Crippen MR) is 103 cm³/mol. The maximum absolute atomic E-state index is 12.5. The van der Waals surface area contributed by atoms with E-state index in [1.165, 1.54) is 6.20 Å². The molecule has 1 aromatic carbocycles. The van der Waals surface area contributed by atoms with Crippen molar-refractivity contribution in [1.29, 1.82) is 0 Å². The summed E-state index contributed by atoms with van der Waals surface area (Å²) in [4.78, 5) is 26.7. The van der Waals surface area contributed by atoms with Crippen LogP contribution < -0.4 is 0 Å². The number of hydrogen-bond acceptors (Lipinski definition) is 4. The van der Waals surface area contributed by atoms with Crippen molar-refractivity contribution in [1.82, 2.24) is 14.7 Å². The summed E-state index contributed by atoms with van der Waals surface area (Å²) < 4.78 is 6.99. The molecule has 0 aliphatic carbocycles. The molecular weight excluding hydrogens is 366 g/mol. The monoisotopic (exact) mass is 389 g/mol. The summed E-state index contributed by atoms with van der Waals surface area (Å²) in [7, 11) is 0. The Kier molecular flexibility index (Phi) is 6.50. The third-order valence-corrected chi connectivity index (χ3v) is 5.08. The number of carbonyl (C=O) groups excluding carboxylic acids is 2. The molecule has 1 unspecified atom stereocenters. The van der Waals surface area contributed by atoms with Gasteiger partial charge in [0.25, 0.3) is 5.91 Å². The van der Waals surface area contributed by atoms with Gasteiger partial charge in [0.2, 0.25) is 0 Å². The lowest BCUT2D eigenvalue weighted by Gasteiger charge is -2.23. The molecule has 1 atom stereocenters. The Morgan fingerprint density at radius 3 is 2.59 bits per heavy atom. The number of carbonyl (C=O) groups is 2. The van der Waals surface area contributed by atoms with Crippen LogP contribution in [0, 0.1) is 0 Å². The van der Waals surface area contributed by atoms with Gasteiger partial charge in [-0.05, 0) is 31.4 Å². The topological polar surface area (TPSA) is 64.4 Å².